The van der Waals surface area contributed by atoms with E-state index in [1.165, 1.54) is 11.3 Å². The quantitative estimate of drug-likeness (QED) is 0.356. The van der Waals surface area contributed by atoms with Crippen molar-refractivity contribution in [3.05, 3.63) is 82.9 Å². The minimum atomic E-state index is -0.243. The van der Waals surface area contributed by atoms with Crippen molar-refractivity contribution in [1.29, 1.82) is 0 Å². The number of nitrogens with one attached hydrogen (secondary N) is 3. The lowest BCUT2D eigenvalue weighted by Gasteiger charge is -2.16. The highest BCUT2D eigenvalue weighted by Crippen LogP contribution is 2.30. The molecular formula is C27H27N5O2S. The van der Waals surface area contributed by atoms with Crippen LogP contribution >= 0.6 is 11.3 Å². The number of hydrogen-bond donors (Lipinski definition) is 3. The second-order valence-electron chi connectivity index (χ2n) is 8.88. The lowest BCUT2D eigenvalue weighted by atomic mass is 10.1. The summed E-state index contributed by atoms with van der Waals surface area (Å²) in [5.74, 6) is 0.0353. The molecule has 1 aliphatic rings. The molecule has 2 aromatic heterocycles. The van der Waals surface area contributed by atoms with Gasteiger partial charge in [0.25, 0.3) is 11.8 Å². The molecule has 0 bridgehead atoms. The Morgan fingerprint density at radius 2 is 1.86 bits per heavy atom. The van der Waals surface area contributed by atoms with Crippen LogP contribution in [-0.4, -0.2) is 47.9 Å². The first kappa shape index (κ1) is 23.0. The Hall–Kier alpha value is -3.75. The molecule has 0 saturated carbocycles. The maximum absolute atomic E-state index is 13.3. The minimum absolute atomic E-state index is 0.104. The molecule has 0 radical (unpaired) electrons. The van der Waals surface area contributed by atoms with E-state index in [1.807, 2.05) is 67.9 Å². The zero-order valence-corrected chi connectivity index (χ0v) is 20.5. The third-order valence-electron chi connectivity index (χ3n) is 6.25. The Kier molecular flexibility index (Phi) is 6.48. The highest BCUT2D eigenvalue weighted by molar-refractivity contribution is 7.17. The summed E-state index contributed by atoms with van der Waals surface area (Å²) in [6, 6.07) is 17.5. The smallest absolute Gasteiger partial charge is 0.257 e. The molecule has 8 heteroatoms. The first-order valence-corrected chi connectivity index (χ1v) is 12.5. The van der Waals surface area contributed by atoms with Gasteiger partial charge in [-0.25, -0.2) is 4.98 Å². The van der Waals surface area contributed by atoms with E-state index in [-0.39, 0.29) is 17.9 Å². The predicted molar refractivity (Wildman–Crippen MR) is 142 cm³/mol. The molecule has 1 aliphatic heterocycles. The number of thiophene rings is 1. The number of rotatable bonds is 6. The number of fused-ring (bicyclic) bond motifs is 1. The number of carbonyl (C=O) groups is 2. The van der Waals surface area contributed by atoms with Crippen LogP contribution < -0.4 is 16.0 Å². The van der Waals surface area contributed by atoms with Gasteiger partial charge < -0.3 is 20.9 Å². The van der Waals surface area contributed by atoms with Crippen LogP contribution in [0.25, 0.3) is 10.1 Å². The van der Waals surface area contributed by atoms with Gasteiger partial charge in [-0.2, -0.15) is 0 Å². The fourth-order valence-corrected chi connectivity index (χ4v) is 5.23. The second-order valence-corrected chi connectivity index (χ2v) is 9.79. The number of aryl methyl sites for hydroxylation is 1. The van der Waals surface area contributed by atoms with Crippen molar-refractivity contribution in [2.24, 2.45) is 0 Å². The normalized spacial score (nSPS) is 15.8. The van der Waals surface area contributed by atoms with Crippen LogP contribution in [0.5, 0.6) is 0 Å². The molecule has 2 amide bonds. The topological polar surface area (TPSA) is 86.4 Å². The van der Waals surface area contributed by atoms with E-state index in [2.05, 4.69) is 25.8 Å². The third kappa shape index (κ3) is 5.03. The number of hydrogen-bond acceptors (Lipinski definition) is 6. The summed E-state index contributed by atoms with van der Waals surface area (Å²) in [5, 5.41) is 12.1. The number of amides is 2. The van der Waals surface area contributed by atoms with Crippen LogP contribution in [0.1, 0.15) is 32.7 Å². The monoisotopic (exact) mass is 485 g/mol. The molecule has 0 aliphatic carbocycles. The summed E-state index contributed by atoms with van der Waals surface area (Å²) < 4.78 is 1.05. The van der Waals surface area contributed by atoms with Crippen LogP contribution in [-0.2, 0) is 0 Å². The van der Waals surface area contributed by atoms with E-state index in [9.17, 15) is 9.59 Å². The molecule has 0 spiro atoms. The Morgan fingerprint density at radius 1 is 1.06 bits per heavy atom. The molecule has 2 aromatic carbocycles. The largest absolute Gasteiger partial charge is 0.348 e. The molecule has 1 fully saturated rings. The summed E-state index contributed by atoms with van der Waals surface area (Å²) in [6.45, 7) is 3.78. The van der Waals surface area contributed by atoms with Gasteiger partial charge in [0.05, 0.1) is 16.8 Å². The van der Waals surface area contributed by atoms with E-state index in [0.717, 1.165) is 40.8 Å². The molecule has 7 nitrogen and oxygen atoms in total. The molecule has 3 N–H and O–H groups in total. The van der Waals surface area contributed by atoms with Crippen molar-refractivity contribution in [1.82, 2.24) is 15.2 Å². The number of pyridine rings is 1. The Bertz CT molecular complexity index is 1400. The fraction of sp³-hybridized carbons (Fsp3) is 0.222. The lowest BCUT2D eigenvalue weighted by molar-refractivity contribution is 0.0937. The average molecular weight is 486 g/mol. The van der Waals surface area contributed by atoms with Gasteiger partial charge in [0, 0.05) is 39.9 Å². The van der Waals surface area contributed by atoms with E-state index in [0.29, 0.717) is 22.6 Å². The first-order chi connectivity index (χ1) is 17.0. The van der Waals surface area contributed by atoms with Gasteiger partial charge >= 0.3 is 0 Å². The zero-order chi connectivity index (χ0) is 24.4. The van der Waals surface area contributed by atoms with Crippen LogP contribution in [0, 0.1) is 6.92 Å². The Morgan fingerprint density at radius 3 is 2.66 bits per heavy atom. The number of benzene rings is 2. The van der Waals surface area contributed by atoms with E-state index in [1.54, 1.807) is 12.3 Å². The minimum Gasteiger partial charge on any atom is -0.348 e. The molecule has 1 unspecified atom stereocenters. The number of aromatic nitrogens is 1. The molecule has 35 heavy (non-hydrogen) atoms. The fourth-order valence-electron chi connectivity index (χ4n) is 4.29. The van der Waals surface area contributed by atoms with Crippen LogP contribution in [0.3, 0.4) is 0 Å². The van der Waals surface area contributed by atoms with Gasteiger partial charge in [0.2, 0.25) is 0 Å². The van der Waals surface area contributed by atoms with E-state index < -0.39 is 0 Å². The van der Waals surface area contributed by atoms with Gasteiger partial charge in [-0.1, -0.05) is 36.4 Å². The van der Waals surface area contributed by atoms with Crippen molar-refractivity contribution in [2.75, 3.05) is 30.8 Å². The number of para-hydroxylation sites is 1. The second kappa shape index (κ2) is 9.85. The molecule has 1 atom stereocenters. The number of nitrogens with zero attached hydrogens (tertiary/aromatic N) is 2. The van der Waals surface area contributed by atoms with Crippen molar-refractivity contribution in [3.8, 4) is 0 Å². The summed E-state index contributed by atoms with van der Waals surface area (Å²) in [5.41, 5.74) is 3.37. The summed E-state index contributed by atoms with van der Waals surface area (Å²) in [7, 11) is 2.04. The maximum atomic E-state index is 13.3. The predicted octanol–water partition coefficient (Wildman–Crippen LogP) is 5.03. The van der Waals surface area contributed by atoms with E-state index >= 15 is 0 Å². The third-order valence-corrected chi connectivity index (χ3v) is 7.21. The summed E-state index contributed by atoms with van der Waals surface area (Å²) in [4.78, 5) is 33.0. The van der Waals surface area contributed by atoms with Gasteiger partial charge in [-0.3, -0.25) is 9.59 Å². The van der Waals surface area contributed by atoms with Gasteiger partial charge in [0.15, 0.2) is 5.82 Å². The number of likely N-dealkylation sites (N-methyl/N-ethyl adjacent to an activating group) is 1. The zero-order valence-electron chi connectivity index (χ0n) is 19.7. The highest BCUT2D eigenvalue weighted by atomic mass is 32.1. The van der Waals surface area contributed by atoms with Crippen molar-refractivity contribution in [2.45, 2.75) is 19.4 Å². The van der Waals surface area contributed by atoms with Crippen molar-refractivity contribution >= 4 is 50.4 Å². The van der Waals surface area contributed by atoms with Crippen LogP contribution in [0.2, 0.25) is 0 Å². The van der Waals surface area contributed by atoms with Gasteiger partial charge in [0.1, 0.15) is 0 Å². The summed E-state index contributed by atoms with van der Waals surface area (Å²) >= 11 is 1.53. The molecule has 178 valence electrons. The van der Waals surface area contributed by atoms with Gasteiger partial charge in [-0.15, -0.1) is 11.3 Å². The SMILES string of the molecule is Cc1ccccc1Nc1ncc(C(=O)NC2CCN(C)C2)cc1NC(=O)c1csc2ccccc12. The molecule has 4 aromatic rings. The number of carbonyl (C=O) groups excluding carboxylic acids is 2. The van der Waals surface area contributed by atoms with Gasteiger partial charge in [-0.05, 0) is 50.7 Å². The molecular weight excluding hydrogens is 458 g/mol. The Balaban J connectivity index is 1.45. The van der Waals surface area contributed by atoms with E-state index in [4.69, 9.17) is 0 Å². The molecule has 1 saturated heterocycles. The summed E-state index contributed by atoms with van der Waals surface area (Å²) in [6.07, 6.45) is 2.46. The number of anilines is 3. The standard InChI is InChI=1S/C27H27N5O2S/c1-17-7-3-5-9-22(17)30-25-23(31-27(34)21-16-35-24-10-6-4-8-20(21)24)13-18(14-28-25)26(33)29-19-11-12-32(2)15-19/h3-10,13-14,16,19H,11-12,15H2,1-2H3,(H,28,30)(H,29,33)(H,31,34). The average Bonchev–Trinajstić information content (AvgIpc) is 3.47. The number of likely N-dealkylation sites (tertiary alicyclic amines) is 1. The first-order valence-electron chi connectivity index (χ1n) is 11.6. The van der Waals surface area contributed by atoms with Crippen LogP contribution in [0.15, 0.2) is 66.2 Å². The molecule has 3 heterocycles. The maximum Gasteiger partial charge on any atom is 0.257 e. The Labute approximate surface area is 208 Å². The van der Waals surface area contributed by atoms with Crippen molar-refractivity contribution in [3.63, 3.8) is 0 Å². The van der Waals surface area contributed by atoms with Crippen molar-refractivity contribution < 1.29 is 9.59 Å². The highest BCUT2D eigenvalue weighted by Gasteiger charge is 2.23. The van der Waals surface area contributed by atoms with Crippen LogP contribution in [0.4, 0.5) is 17.2 Å². The molecule has 5 rings (SSSR count). The lowest BCUT2D eigenvalue weighted by Crippen LogP contribution is -2.36.